The van der Waals surface area contributed by atoms with Gasteiger partial charge in [-0.3, -0.25) is 10.1 Å². The van der Waals surface area contributed by atoms with Gasteiger partial charge >= 0.3 is 11.8 Å². The Labute approximate surface area is 134 Å². The fourth-order valence-corrected chi connectivity index (χ4v) is 2.37. The molecule has 1 aliphatic rings. The fraction of sp³-hybridized carbons (Fsp3) is 0.571. The molecule has 0 spiro atoms. The highest BCUT2D eigenvalue weighted by Gasteiger charge is 2.31. The number of nitrogens with two attached hydrogens (primary N) is 1. The SMILES string of the molecule is CC(C)(C)OC(=O)N1CCC(Nc2ccnc(N)c2[N+](=O)[O-])C1. The molecule has 0 bridgehead atoms. The molecule has 1 atom stereocenters. The first-order valence-corrected chi connectivity index (χ1v) is 7.30. The Balaban J connectivity index is 2.03. The number of hydrogen-bond acceptors (Lipinski definition) is 7. The summed E-state index contributed by atoms with van der Waals surface area (Å²) in [6.45, 7) is 6.36. The van der Waals surface area contributed by atoms with Gasteiger partial charge in [-0.25, -0.2) is 9.78 Å². The summed E-state index contributed by atoms with van der Waals surface area (Å²) in [6, 6.07) is 1.40. The van der Waals surface area contributed by atoms with E-state index in [1.807, 2.05) is 0 Å². The molecule has 2 heterocycles. The molecule has 0 aromatic carbocycles. The third-order valence-corrected chi connectivity index (χ3v) is 3.33. The van der Waals surface area contributed by atoms with E-state index < -0.39 is 10.5 Å². The Morgan fingerprint density at radius 2 is 2.26 bits per heavy atom. The number of nitro groups is 1. The van der Waals surface area contributed by atoms with Crippen molar-refractivity contribution in [1.29, 1.82) is 0 Å². The number of hydrogen-bond donors (Lipinski definition) is 2. The van der Waals surface area contributed by atoms with E-state index in [4.69, 9.17) is 10.5 Å². The second kappa shape index (κ2) is 6.27. The second-order valence-corrected chi connectivity index (χ2v) is 6.41. The summed E-state index contributed by atoms with van der Waals surface area (Å²) < 4.78 is 5.32. The molecule has 1 amide bonds. The van der Waals surface area contributed by atoms with E-state index in [0.717, 1.165) is 0 Å². The third-order valence-electron chi connectivity index (χ3n) is 3.33. The molecule has 9 heteroatoms. The fourth-order valence-electron chi connectivity index (χ4n) is 2.37. The Kier molecular flexibility index (Phi) is 4.57. The molecular weight excluding hydrogens is 302 g/mol. The minimum Gasteiger partial charge on any atom is -0.444 e. The van der Waals surface area contributed by atoms with Crippen LogP contribution >= 0.6 is 0 Å². The quantitative estimate of drug-likeness (QED) is 0.644. The number of nitrogens with one attached hydrogen (secondary N) is 1. The van der Waals surface area contributed by atoms with Gasteiger partial charge in [-0.2, -0.15) is 0 Å². The summed E-state index contributed by atoms with van der Waals surface area (Å²) in [7, 11) is 0. The lowest BCUT2D eigenvalue weighted by molar-refractivity contribution is -0.383. The number of likely N-dealkylation sites (tertiary alicyclic amines) is 1. The van der Waals surface area contributed by atoms with Gasteiger partial charge in [-0.15, -0.1) is 0 Å². The first kappa shape index (κ1) is 16.8. The number of anilines is 2. The zero-order valence-corrected chi connectivity index (χ0v) is 13.4. The Morgan fingerprint density at radius 3 is 2.87 bits per heavy atom. The van der Waals surface area contributed by atoms with Crippen LogP contribution in [0.5, 0.6) is 0 Å². The van der Waals surface area contributed by atoms with Gasteiger partial charge in [-0.05, 0) is 33.3 Å². The van der Waals surface area contributed by atoms with Crippen LogP contribution in [-0.2, 0) is 4.74 Å². The van der Waals surface area contributed by atoms with Crippen LogP contribution in [0.15, 0.2) is 12.3 Å². The molecule has 1 aromatic rings. The highest BCUT2D eigenvalue weighted by molar-refractivity contribution is 5.72. The van der Waals surface area contributed by atoms with Crippen molar-refractivity contribution in [2.75, 3.05) is 24.1 Å². The third kappa shape index (κ3) is 4.21. The topological polar surface area (TPSA) is 124 Å². The van der Waals surface area contributed by atoms with Gasteiger partial charge in [0.15, 0.2) is 0 Å². The summed E-state index contributed by atoms with van der Waals surface area (Å²) in [5.41, 5.74) is 5.07. The van der Waals surface area contributed by atoms with Crippen molar-refractivity contribution in [2.24, 2.45) is 0 Å². The average molecular weight is 323 g/mol. The number of rotatable bonds is 3. The van der Waals surface area contributed by atoms with E-state index in [1.54, 1.807) is 25.7 Å². The molecule has 2 rings (SSSR count). The van der Waals surface area contributed by atoms with E-state index >= 15 is 0 Å². The van der Waals surface area contributed by atoms with Gasteiger partial charge in [0.1, 0.15) is 11.3 Å². The van der Waals surface area contributed by atoms with E-state index in [-0.39, 0.29) is 23.6 Å². The summed E-state index contributed by atoms with van der Waals surface area (Å²) in [5.74, 6) is -0.137. The predicted molar refractivity (Wildman–Crippen MR) is 85.1 cm³/mol. The zero-order chi connectivity index (χ0) is 17.2. The molecule has 0 radical (unpaired) electrons. The monoisotopic (exact) mass is 323 g/mol. The summed E-state index contributed by atoms with van der Waals surface area (Å²) in [4.78, 5) is 27.9. The standard InChI is InChI=1S/C14H21N5O4/c1-14(2,3)23-13(20)18-7-5-9(8-18)17-10-4-6-16-12(15)11(10)19(21)22/h4,6,9H,5,7-8H2,1-3H3,(H3,15,16,17). The Hall–Kier alpha value is -2.58. The lowest BCUT2D eigenvalue weighted by Crippen LogP contribution is -2.36. The van der Waals surface area contributed by atoms with Crippen molar-refractivity contribution in [3.8, 4) is 0 Å². The molecule has 0 aliphatic carbocycles. The van der Waals surface area contributed by atoms with Crippen molar-refractivity contribution in [3.05, 3.63) is 22.4 Å². The summed E-state index contributed by atoms with van der Waals surface area (Å²) >= 11 is 0. The van der Waals surface area contributed by atoms with Crippen molar-refractivity contribution in [1.82, 2.24) is 9.88 Å². The minimum atomic E-state index is -0.564. The van der Waals surface area contributed by atoms with Crippen LogP contribution in [0.4, 0.5) is 22.0 Å². The zero-order valence-electron chi connectivity index (χ0n) is 13.4. The molecule has 23 heavy (non-hydrogen) atoms. The second-order valence-electron chi connectivity index (χ2n) is 6.41. The van der Waals surface area contributed by atoms with Crippen LogP contribution in [0.25, 0.3) is 0 Å². The minimum absolute atomic E-state index is 0.108. The molecule has 1 unspecified atom stereocenters. The average Bonchev–Trinajstić information content (AvgIpc) is 2.85. The number of ether oxygens (including phenoxy) is 1. The number of carbonyl (C=O) groups is 1. The Bertz CT molecular complexity index is 614. The first-order valence-electron chi connectivity index (χ1n) is 7.30. The van der Waals surface area contributed by atoms with Gasteiger partial charge in [0.05, 0.1) is 4.92 Å². The van der Waals surface area contributed by atoms with E-state index in [0.29, 0.717) is 25.2 Å². The molecule has 126 valence electrons. The van der Waals surface area contributed by atoms with E-state index in [2.05, 4.69) is 10.3 Å². The maximum absolute atomic E-state index is 12.0. The Morgan fingerprint density at radius 1 is 1.57 bits per heavy atom. The van der Waals surface area contributed by atoms with Crippen LogP contribution in [0, 0.1) is 10.1 Å². The predicted octanol–water partition coefficient (Wildman–Crippen LogP) is 1.99. The van der Waals surface area contributed by atoms with Crippen LogP contribution in [0.1, 0.15) is 27.2 Å². The van der Waals surface area contributed by atoms with E-state index in [9.17, 15) is 14.9 Å². The molecule has 3 N–H and O–H groups in total. The van der Waals surface area contributed by atoms with Crippen molar-refractivity contribution in [3.63, 3.8) is 0 Å². The lowest BCUT2D eigenvalue weighted by atomic mass is 10.2. The van der Waals surface area contributed by atoms with Gasteiger partial charge in [0.2, 0.25) is 5.82 Å². The van der Waals surface area contributed by atoms with Crippen LogP contribution < -0.4 is 11.1 Å². The lowest BCUT2D eigenvalue weighted by Gasteiger charge is -2.24. The first-order chi connectivity index (χ1) is 10.7. The van der Waals surface area contributed by atoms with Crippen molar-refractivity contribution < 1.29 is 14.5 Å². The summed E-state index contributed by atoms with van der Waals surface area (Å²) in [5, 5.41) is 14.2. The van der Waals surface area contributed by atoms with Crippen molar-refractivity contribution >= 4 is 23.3 Å². The number of aromatic nitrogens is 1. The number of nitrogen functional groups attached to an aromatic ring is 1. The van der Waals surface area contributed by atoms with Crippen LogP contribution in [0.3, 0.4) is 0 Å². The molecule has 1 fully saturated rings. The number of nitrogens with zero attached hydrogens (tertiary/aromatic N) is 3. The van der Waals surface area contributed by atoms with Crippen LogP contribution in [-0.4, -0.2) is 45.6 Å². The molecule has 1 aromatic heterocycles. The van der Waals surface area contributed by atoms with Gasteiger partial charge < -0.3 is 20.7 Å². The molecule has 9 nitrogen and oxygen atoms in total. The van der Waals surface area contributed by atoms with Gasteiger partial charge in [0, 0.05) is 25.3 Å². The number of carbonyl (C=O) groups excluding carboxylic acids is 1. The van der Waals surface area contributed by atoms with Gasteiger partial charge in [0.25, 0.3) is 0 Å². The van der Waals surface area contributed by atoms with E-state index in [1.165, 1.54) is 12.3 Å². The normalized spacial score (nSPS) is 17.9. The van der Waals surface area contributed by atoms with Crippen LogP contribution in [0.2, 0.25) is 0 Å². The molecular formula is C14H21N5O4. The summed E-state index contributed by atoms with van der Waals surface area (Å²) in [6.07, 6.45) is 1.69. The smallest absolute Gasteiger partial charge is 0.410 e. The molecule has 1 saturated heterocycles. The number of amides is 1. The maximum Gasteiger partial charge on any atom is 0.410 e. The van der Waals surface area contributed by atoms with Crippen molar-refractivity contribution in [2.45, 2.75) is 38.8 Å². The largest absolute Gasteiger partial charge is 0.444 e. The highest BCUT2D eigenvalue weighted by Crippen LogP contribution is 2.30. The highest BCUT2D eigenvalue weighted by atomic mass is 16.6. The van der Waals surface area contributed by atoms with Gasteiger partial charge in [-0.1, -0.05) is 0 Å². The maximum atomic E-state index is 12.0. The molecule has 0 saturated carbocycles. The number of pyridine rings is 1. The molecule has 1 aliphatic heterocycles.